The highest BCUT2D eigenvalue weighted by Gasteiger charge is 2.72. The molecule has 2 aliphatic rings. The number of hydrogen-bond acceptors (Lipinski definition) is 6. The molecule has 6 heteroatoms. The van der Waals surface area contributed by atoms with E-state index in [2.05, 4.69) is 4.99 Å². The first-order chi connectivity index (χ1) is 12.9. The number of fused-ring (bicyclic) bond motifs is 3. The lowest BCUT2D eigenvalue weighted by atomic mass is 9.79. The summed E-state index contributed by atoms with van der Waals surface area (Å²) < 4.78 is 5.32. The van der Waals surface area contributed by atoms with Crippen LogP contribution in [0.3, 0.4) is 0 Å². The van der Waals surface area contributed by atoms with Gasteiger partial charge in [0.1, 0.15) is 5.92 Å². The van der Waals surface area contributed by atoms with Gasteiger partial charge in [0.15, 0.2) is 5.60 Å². The zero-order valence-corrected chi connectivity index (χ0v) is 14.8. The van der Waals surface area contributed by atoms with Crippen molar-refractivity contribution in [3.8, 4) is 0 Å². The quantitative estimate of drug-likeness (QED) is 0.803. The van der Waals surface area contributed by atoms with Crippen molar-refractivity contribution < 1.29 is 24.5 Å². The molecule has 1 heterocycles. The second-order valence-corrected chi connectivity index (χ2v) is 6.90. The molecule has 27 heavy (non-hydrogen) atoms. The van der Waals surface area contributed by atoms with E-state index in [-0.39, 0.29) is 23.4 Å². The summed E-state index contributed by atoms with van der Waals surface area (Å²) in [7, 11) is 0. The van der Waals surface area contributed by atoms with Gasteiger partial charge >= 0.3 is 5.97 Å². The summed E-state index contributed by atoms with van der Waals surface area (Å²) in [5.74, 6) is -2.84. The topological polar surface area (TPSA) is 96.2 Å². The van der Waals surface area contributed by atoms with Gasteiger partial charge in [0.05, 0.1) is 6.61 Å². The highest BCUT2D eigenvalue weighted by molar-refractivity contribution is 6.18. The lowest BCUT2D eigenvalue weighted by Crippen LogP contribution is -2.56. The fourth-order valence-electron chi connectivity index (χ4n) is 3.99. The van der Waals surface area contributed by atoms with E-state index in [9.17, 15) is 19.8 Å². The Morgan fingerprint density at radius 3 is 2.52 bits per heavy atom. The largest absolute Gasteiger partial charge is 0.465 e. The van der Waals surface area contributed by atoms with Crippen LogP contribution in [0.25, 0.3) is 0 Å². The van der Waals surface area contributed by atoms with E-state index in [1.54, 1.807) is 12.1 Å². The fourth-order valence-corrected chi connectivity index (χ4v) is 3.99. The van der Waals surface area contributed by atoms with E-state index in [1.165, 1.54) is 19.1 Å². The molecule has 6 nitrogen and oxygen atoms in total. The Kier molecular flexibility index (Phi) is 3.98. The van der Waals surface area contributed by atoms with E-state index in [4.69, 9.17) is 4.74 Å². The van der Waals surface area contributed by atoms with Crippen LogP contribution in [0.4, 0.5) is 0 Å². The van der Waals surface area contributed by atoms with Crippen LogP contribution in [-0.2, 0) is 21.7 Å². The van der Waals surface area contributed by atoms with E-state index >= 15 is 0 Å². The minimum Gasteiger partial charge on any atom is -0.465 e. The Labute approximate surface area is 156 Å². The minimum absolute atomic E-state index is 0.0995. The molecule has 0 spiro atoms. The van der Waals surface area contributed by atoms with Crippen LogP contribution in [0.1, 0.15) is 28.4 Å². The van der Waals surface area contributed by atoms with Crippen molar-refractivity contribution in [1.82, 2.24) is 0 Å². The summed E-state index contributed by atoms with van der Waals surface area (Å²) >= 11 is 0. The molecule has 0 bridgehead atoms. The van der Waals surface area contributed by atoms with Crippen LogP contribution in [0, 0.1) is 5.92 Å². The Balaban J connectivity index is 1.58. The van der Waals surface area contributed by atoms with Crippen LogP contribution in [0.2, 0.25) is 0 Å². The smallest absolute Gasteiger partial charge is 0.318 e. The molecule has 0 amide bonds. The Bertz CT molecular complexity index is 954. The molecule has 2 N–H and O–H groups in total. The molecular weight excluding hydrogens is 346 g/mol. The summed E-state index contributed by atoms with van der Waals surface area (Å²) in [6, 6.07) is 15.8. The van der Waals surface area contributed by atoms with E-state index < -0.39 is 29.0 Å². The third-order valence-electron chi connectivity index (χ3n) is 5.31. The second kappa shape index (κ2) is 6.11. The highest BCUT2D eigenvalue weighted by atomic mass is 16.5. The maximum absolute atomic E-state index is 12.9. The van der Waals surface area contributed by atoms with E-state index in [1.807, 2.05) is 30.3 Å². The molecule has 0 saturated carbocycles. The average Bonchev–Trinajstić information content (AvgIpc) is 2.97. The number of Topliss-reactive ketones (excluding diaryl/α,β-unsaturated/α-hetero) is 1. The van der Waals surface area contributed by atoms with Gasteiger partial charge in [-0.3, -0.25) is 14.6 Å². The van der Waals surface area contributed by atoms with Gasteiger partial charge in [-0.15, -0.1) is 0 Å². The fraction of sp³-hybridized carbons (Fsp3) is 0.286. The van der Waals surface area contributed by atoms with Crippen molar-refractivity contribution in [3.05, 3.63) is 71.3 Å². The normalized spacial score (nSPS) is 28.5. The molecule has 0 fully saturated rings. The maximum atomic E-state index is 12.9. The molecule has 1 aliphatic heterocycles. The summed E-state index contributed by atoms with van der Waals surface area (Å²) in [6.45, 7) is 1.61. The number of aliphatic imine (C=N–C) groups is 1. The average molecular weight is 365 g/mol. The molecule has 2 aromatic rings. The molecule has 4 rings (SSSR count). The van der Waals surface area contributed by atoms with Crippen LogP contribution in [0.5, 0.6) is 0 Å². The monoisotopic (exact) mass is 365 g/mol. The third-order valence-corrected chi connectivity index (χ3v) is 5.31. The molecule has 1 unspecified atom stereocenters. The van der Waals surface area contributed by atoms with Crippen molar-refractivity contribution in [1.29, 1.82) is 0 Å². The first-order valence-corrected chi connectivity index (χ1v) is 8.75. The van der Waals surface area contributed by atoms with Gasteiger partial charge in [-0.25, -0.2) is 0 Å². The van der Waals surface area contributed by atoms with Gasteiger partial charge in [-0.05, 0) is 12.5 Å². The molecule has 1 aliphatic carbocycles. The summed E-state index contributed by atoms with van der Waals surface area (Å²) in [4.78, 5) is 29.7. The van der Waals surface area contributed by atoms with Gasteiger partial charge < -0.3 is 14.9 Å². The number of ketones is 1. The van der Waals surface area contributed by atoms with E-state index in [0.29, 0.717) is 6.42 Å². The van der Waals surface area contributed by atoms with Gasteiger partial charge in [-0.2, -0.15) is 0 Å². The Morgan fingerprint density at radius 2 is 1.78 bits per heavy atom. The first kappa shape index (κ1) is 17.6. The Hall–Kier alpha value is -2.83. The zero-order valence-electron chi connectivity index (χ0n) is 14.8. The summed E-state index contributed by atoms with van der Waals surface area (Å²) in [5, 5.41) is 22.2. The number of hydrogen-bond donors (Lipinski definition) is 2. The predicted octanol–water partition coefficient (Wildman–Crippen LogP) is 1.64. The highest BCUT2D eigenvalue weighted by Crippen LogP contribution is 2.53. The van der Waals surface area contributed by atoms with Crippen LogP contribution >= 0.6 is 0 Å². The molecule has 2 aromatic carbocycles. The lowest BCUT2D eigenvalue weighted by molar-refractivity contribution is -0.164. The number of carbonyl (C=O) groups is 2. The maximum Gasteiger partial charge on any atom is 0.318 e. The number of benzene rings is 2. The number of rotatable bonds is 4. The van der Waals surface area contributed by atoms with Crippen LogP contribution < -0.4 is 0 Å². The molecule has 138 valence electrons. The Morgan fingerprint density at radius 1 is 1.11 bits per heavy atom. The SMILES string of the molecule is CC1=N[C@@]2(O)c3ccccc3C(=O)[C@@]2(O)C1C(=O)OCCc1ccccc1. The van der Waals surface area contributed by atoms with Gasteiger partial charge in [0, 0.05) is 23.3 Å². The number of esters is 1. The number of nitrogens with zero attached hydrogens (tertiary/aromatic N) is 1. The van der Waals surface area contributed by atoms with Crippen molar-refractivity contribution in [2.24, 2.45) is 10.9 Å². The molecular formula is C21H19NO5. The lowest BCUT2D eigenvalue weighted by Gasteiger charge is -2.31. The van der Waals surface area contributed by atoms with E-state index in [0.717, 1.165) is 5.56 Å². The zero-order chi connectivity index (χ0) is 19.2. The predicted molar refractivity (Wildman–Crippen MR) is 97.3 cm³/mol. The molecule has 0 aromatic heterocycles. The number of ether oxygens (including phenoxy) is 1. The number of carbonyl (C=O) groups excluding carboxylic acids is 2. The van der Waals surface area contributed by atoms with Gasteiger partial charge in [-0.1, -0.05) is 54.6 Å². The summed E-state index contributed by atoms with van der Waals surface area (Å²) in [5.41, 5.74) is -3.01. The molecule has 0 radical (unpaired) electrons. The molecule has 3 atom stereocenters. The van der Waals surface area contributed by atoms with Crippen molar-refractivity contribution in [3.63, 3.8) is 0 Å². The van der Waals surface area contributed by atoms with Crippen molar-refractivity contribution >= 4 is 17.5 Å². The van der Waals surface area contributed by atoms with Crippen molar-refractivity contribution in [2.75, 3.05) is 6.61 Å². The molecule has 0 saturated heterocycles. The van der Waals surface area contributed by atoms with Crippen LogP contribution in [-0.4, -0.2) is 39.9 Å². The van der Waals surface area contributed by atoms with Gasteiger partial charge in [0.2, 0.25) is 11.5 Å². The van der Waals surface area contributed by atoms with Crippen LogP contribution in [0.15, 0.2) is 59.6 Å². The summed E-state index contributed by atoms with van der Waals surface area (Å²) in [6.07, 6.45) is 0.506. The standard InChI is InChI=1S/C21H19NO5/c1-13-17(19(24)27-12-11-14-7-3-2-4-8-14)20(25)18(23)15-9-5-6-10-16(15)21(20,26)22-13/h2-10,17,25-26H,11-12H2,1H3/t17?,20-,21+/m0/s1. The third kappa shape index (κ3) is 2.37. The minimum atomic E-state index is -2.38. The second-order valence-electron chi connectivity index (χ2n) is 6.90. The van der Waals surface area contributed by atoms with Gasteiger partial charge in [0.25, 0.3) is 0 Å². The number of aliphatic hydroxyl groups is 2. The first-order valence-electron chi connectivity index (χ1n) is 8.75. The van der Waals surface area contributed by atoms with Crippen molar-refractivity contribution in [2.45, 2.75) is 24.7 Å².